The summed E-state index contributed by atoms with van der Waals surface area (Å²) < 4.78 is 4.81. The van der Waals surface area contributed by atoms with Gasteiger partial charge in [0.2, 0.25) is 0 Å². The number of carbonyl (C=O) groups excluding carboxylic acids is 1. The minimum atomic E-state index is -0.165. The van der Waals surface area contributed by atoms with Crippen molar-refractivity contribution in [1.29, 1.82) is 0 Å². The lowest BCUT2D eigenvalue weighted by Gasteiger charge is -2.36. The van der Waals surface area contributed by atoms with Gasteiger partial charge in [0.1, 0.15) is 0 Å². The highest BCUT2D eigenvalue weighted by atomic mass is 16.5. The van der Waals surface area contributed by atoms with Gasteiger partial charge in [-0.1, -0.05) is 32.3 Å². The summed E-state index contributed by atoms with van der Waals surface area (Å²) in [5.41, 5.74) is 9.49. The lowest BCUT2D eigenvalue weighted by molar-refractivity contribution is -0.141. The number of nitrogen functional groups attached to an aromatic ring is 1. The average Bonchev–Trinajstić information content (AvgIpc) is 2.62. The van der Waals surface area contributed by atoms with Gasteiger partial charge in [-0.2, -0.15) is 0 Å². The molecule has 4 nitrogen and oxygen atoms in total. The van der Waals surface area contributed by atoms with Crippen molar-refractivity contribution in [2.24, 2.45) is 0 Å². The molecule has 2 N–H and O–H groups in total. The minimum Gasteiger partial charge on any atom is -0.469 e. The fourth-order valence-corrected chi connectivity index (χ4v) is 3.89. The second kappa shape index (κ2) is 8.95. The summed E-state index contributed by atoms with van der Waals surface area (Å²) in [5.74, 6) is 0.000412. The number of esters is 1. The molecule has 1 aliphatic carbocycles. The third-order valence-electron chi connectivity index (χ3n) is 5.32. The molecule has 134 valence electrons. The predicted molar refractivity (Wildman–Crippen MR) is 100 cm³/mol. The zero-order valence-corrected chi connectivity index (χ0v) is 15.4. The van der Waals surface area contributed by atoms with Crippen LogP contribution in [0.4, 0.5) is 11.4 Å². The summed E-state index contributed by atoms with van der Waals surface area (Å²) in [6, 6.07) is 6.93. The molecule has 0 saturated heterocycles. The quantitative estimate of drug-likeness (QED) is 0.590. The van der Waals surface area contributed by atoms with Crippen LogP contribution in [0.15, 0.2) is 18.2 Å². The number of anilines is 2. The number of hydrogen-bond acceptors (Lipinski definition) is 4. The van der Waals surface area contributed by atoms with Crippen molar-refractivity contribution in [3.8, 4) is 0 Å². The van der Waals surface area contributed by atoms with E-state index in [9.17, 15) is 4.79 Å². The molecule has 0 heterocycles. The molecule has 1 saturated carbocycles. The Morgan fingerprint density at radius 2 is 2.00 bits per heavy atom. The van der Waals surface area contributed by atoms with E-state index in [1.54, 1.807) is 0 Å². The van der Waals surface area contributed by atoms with E-state index in [1.807, 2.05) is 0 Å². The second-order valence-corrected chi connectivity index (χ2v) is 6.78. The molecule has 2 rings (SSSR count). The number of methoxy groups -OCH3 is 1. The molecule has 1 aromatic carbocycles. The zero-order valence-electron chi connectivity index (χ0n) is 15.4. The number of nitrogens with zero attached hydrogens (tertiary/aromatic N) is 1. The van der Waals surface area contributed by atoms with E-state index in [4.69, 9.17) is 10.5 Å². The monoisotopic (exact) mass is 332 g/mol. The normalized spacial score (nSPS) is 16.6. The van der Waals surface area contributed by atoms with E-state index in [0.29, 0.717) is 12.5 Å². The van der Waals surface area contributed by atoms with Crippen LogP contribution in [0, 0.1) is 0 Å². The molecular formula is C20H32N2O2. The van der Waals surface area contributed by atoms with Crippen LogP contribution in [0.1, 0.15) is 70.3 Å². The van der Waals surface area contributed by atoms with Crippen molar-refractivity contribution in [3.05, 3.63) is 23.8 Å². The van der Waals surface area contributed by atoms with E-state index in [0.717, 1.165) is 29.9 Å². The zero-order chi connectivity index (χ0) is 17.5. The smallest absolute Gasteiger partial charge is 0.306 e. The lowest BCUT2D eigenvalue weighted by Crippen LogP contribution is -2.37. The van der Waals surface area contributed by atoms with Gasteiger partial charge in [-0.05, 0) is 49.8 Å². The van der Waals surface area contributed by atoms with E-state index >= 15 is 0 Å². The first kappa shape index (κ1) is 18.6. The molecule has 0 aliphatic heterocycles. The highest BCUT2D eigenvalue weighted by Crippen LogP contribution is 2.34. The number of nitrogens with two attached hydrogens (primary N) is 1. The van der Waals surface area contributed by atoms with Gasteiger partial charge in [-0.25, -0.2) is 0 Å². The number of rotatable bonds is 7. The second-order valence-electron chi connectivity index (χ2n) is 6.78. The third-order valence-corrected chi connectivity index (χ3v) is 5.32. The van der Waals surface area contributed by atoms with E-state index in [2.05, 4.69) is 36.9 Å². The fraction of sp³-hybridized carbons (Fsp3) is 0.650. The van der Waals surface area contributed by atoms with E-state index in [-0.39, 0.29) is 11.9 Å². The molecule has 4 heteroatoms. The summed E-state index contributed by atoms with van der Waals surface area (Å²) in [6.07, 6.45) is 7.81. The SMILES string of the molecule is CC[C@H](CC(=O)OC)c1ccc(N(CC)C2CCCCC2)c(N)c1. The Labute approximate surface area is 146 Å². The Morgan fingerprint density at radius 3 is 2.54 bits per heavy atom. The Bertz CT molecular complexity index is 538. The van der Waals surface area contributed by atoms with Crippen molar-refractivity contribution in [3.63, 3.8) is 0 Å². The van der Waals surface area contributed by atoms with Crippen LogP contribution in [0.3, 0.4) is 0 Å². The molecular weight excluding hydrogens is 300 g/mol. The van der Waals surface area contributed by atoms with Crippen LogP contribution < -0.4 is 10.6 Å². The maximum Gasteiger partial charge on any atom is 0.306 e. The van der Waals surface area contributed by atoms with Gasteiger partial charge in [0.15, 0.2) is 0 Å². The largest absolute Gasteiger partial charge is 0.469 e. The number of benzene rings is 1. The average molecular weight is 332 g/mol. The van der Waals surface area contributed by atoms with Crippen LogP contribution in [0.5, 0.6) is 0 Å². The third kappa shape index (κ3) is 4.43. The summed E-state index contributed by atoms with van der Waals surface area (Å²) in [4.78, 5) is 14.1. The molecule has 1 fully saturated rings. The Morgan fingerprint density at radius 1 is 1.29 bits per heavy atom. The fourth-order valence-electron chi connectivity index (χ4n) is 3.89. The van der Waals surface area contributed by atoms with Gasteiger partial charge in [0.25, 0.3) is 0 Å². The van der Waals surface area contributed by atoms with Gasteiger partial charge in [-0.15, -0.1) is 0 Å². The van der Waals surface area contributed by atoms with Crippen LogP contribution in [-0.2, 0) is 9.53 Å². The van der Waals surface area contributed by atoms with Crippen molar-refractivity contribution in [1.82, 2.24) is 0 Å². The molecule has 0 aromatic heterocycles. The first-order chi connectivity index (χ1) is 11.6. The van der Waals surface area contributed by atoms with Crippen LogP contribution in [-0.4, -0.2) is 25.7 Å². The number of ether oxygens (including phenoxy) is 1. The maximum absolute atomic E-state index is 11.6. The van der Waals surface area contributed by atoms with Gasteiger partial charge in [-0.3, -0.25) is 4.79 Å². The standard InChI is InChI=1S/C20H32N2O2/c1-4-15(14-20(23)24-3)16-11-12-19(18(21)13-16)22(5-2)17-9-7-6-8-10-17/h11-13,15,17H,4-10,14,21H2,1-3H3/t15-/m1/s1. The molecule has 1 atom stereocenters. The number of hydrogen-bond donors (Lipinski definition) is 1. The van der Waals surface area contributed by atoms with E-state index in [1.165, 1.54) is 39.2 Å². The highest BCUT2D eigenvalue weighted by Gasteiger charge is 2.22. The molecule has 24 heavy (non-hydrogen) atoms. The first-order valence-corrected chi connectivity index (χ1v) is 9.33. The van der Waals surface area contributed by atoms with E-state index < -0.39 is 0 Å². The summed E-state index contributed by atoms with van der Waals surface area (Å²) in [6.45, 7) is 5.28. The van der Waals surface area contributed by atoms with Crippen molar-refractivity contribution >= 4 is 17.3 Å². The molecule has 0 radical (unpaired) electrons. The molecule has 0 unspecified atom stereocenters. The Balaban J connectivity index is 2.19. The van der Waals surface area contributed by atoms with Crippen LogP contribution in [0.2, 0.25) is 0 Å². The summed E-state index contributed by atoms with van der Waals surface area (Å²) in [5, 5.41) is 0. The highest BCUT2D eigenvalue weighted by molar-refractivity contribution is 5.72. The first-order valence-electron chi connectivity index (χ1n) is 9.33. The lowest BCUT2D eigenvalue weighted by atomic mass is 9.91. The molecule has 0 spiro atoms. The molecule has 0 bridgehead atoms. The van der Waals surface area contributed by atoms with Crippen molar-refractivity contribution in [2.45, 2.75) is 70.8 Å². The molecule has 1 aliphatic rings. The maximum atomic E-state index is 11.6. The summed E-state index contributed by atoms with van der Waals surface area (Å²) in [7, 11) is 1.44. The van der Waals surface area contributed by atoms with Gasteiger partial charge in [0, 0.05) is 12.6 Å². The minimum absolute atomic E-state index is 0.165. The van der Waals surface area contributed by atoms with Gasteiger partial charge >= 0.3 is 5.97 Å². The Hall–Kier alpha value is -1.71. The molecule has 0 amide bonds. The van der Waals surface area contributed by atoms with Crippen molar-refractivity contribution in [2.75, 3.05) is 24.3 Å². The van der Waals surface area contributed by atoms with Crippen LogP contribution in [0.25, 0.3) is 0 Å². The van der Waals surface area contributed by atoms with Gasteiger partial charge in [0.05, 0.1) is 24.9 Å². The summed E-state index contributed by atoms with van der Waals surface area (Å²) >= 11 is 0. The number of carbonyl (C=O) groups is 1. The Kier molecular flexibility index (Phi) is 6.95. The van der Waals surface area contributed by atoms with Crippen molar-refractivity contribution < 1.29 is 9.53 Å². The topological polar surface area (TPSA) is 55.6 Å². The predicted octanol–water partition coefficient (Wildman–Crippen LogP) is 4.48. The molecule has 1 aromatic rings. The van der Waals surface area contributed by atoms with Crippen LogP contribution >= 0.6 is 0 Å². The van der Waals surface area contributed by atoms with Gasteiger partial charge < -0.3 is 15.4 Å².